The number of nitrogens with one attached hydrogen (secondary N) is 3. The zero-order valence-corrected chi connectivity index (χ0v) is 26.9. The van der Waals surface area contributed by atoms with Crippen LogP contribution in [0.25, 0.3) is 0 Å². The molecule has 1 heterocycles. The highest BCUT2D eigenvalue weighted by molar-refractivity contribution is 6.01. The minimum absolute atomic E-state index is 0.125. The third kappa shape index (κ3) is 14.8. The van der Waals surface area contributed by atoms with Gasteiger partial charge in [0.25, 0.3) is 0 Å². The van der Waals surface area contributed by atoms with Crippen LogP contribution >= 0.6 is 0 Å². The maximum Gasteiger partial charge on any atom is 0.414 e. The van der Waals surface area contributed by atoms with E-state index in [0.29, 0.717) is 25.7 Å². The molecule has 12 heteroatoms. The Morgan fingerprint density at radius 3 is 1.88 bits per heavy atom. The van der Waals surface area contributed by atoms with Crippen molar-refractivity contribution in [2.24, 2.45) is 10.9 Å². The number of hydrogen-bond donors (Lipinski definition) is 3. The van der Waals surface area contributed by atoms with Gasteiger partial charge in [-0.05, 0) is 93.6 Å². The van der Waals surface area contributed by atoms with Crippen molar-refractivity contribution in [1.29, 1.82) is 0 Å². The number of rotatable bonds is 8. The van der Waals surface area contributed by atoms with Crippen molar-refractivity contribution < 1.29 is 38.1 Å². The third-order valence-electron chi connectivity index (χ3n) is 5.79. The Kier molecular flexibility index (Phi) is 12.4. The second-order valence-electron chi connectivity index (χ2n) is 13.5. The van der Waals surface area contributed by atoms with Crippen LogP contribution in [0.5, 0.6) is 0 Å². The fraction of sp³-hybridized carbons (Fsp3) is 0.645. The summed E-state index contributed by atoms with van der Waals surface area (Å²) in [5.74, 6) is -0.878. The number of carbonyl (C=O) groups excluding carboxylic acids is 4. The van der Waals surface area contributed by atoms with Crippen molar-refractivity contribution in [2.45, 2.75) is 117 Å². The van der Waals surface area contributed by atoms with Crippen LogP contribution in [0.1, 0.15) is 87.1 Å². The second kappa shape index (κ2) is 15.1. The molecule has 0 aliphatic carbocycles. The van der Waals surface area contributed by atoms with Gasteiger partial charge in [0.1, 0.15) is 22.9 Å². The Balaban J connectivity index is 2.04. The molecule has 2 rings (SSSR count). The molecule has 0 saturated carbocycles. The molecule has 1 aromatic carbocycles. The van der Waals surface area contributed by atoms with E-state index in [9.17, 15) is 19.2 Å². The molecule has 12 nitrogen and oxygen atoms in total. The summed E-state index contributed by atoms with van der Waals surface area (Å²) >= 11 is 0. The van der Waals surface area contributed by atoms with Gasteiger partial charge in [0.05, 0.1) is 12.0 Å². The largest absolute Gasteiger partial charge is 0.460 e. The first-order valence-electron chi connectivity index (χ1n) is 14.6. The van der Waals surface area contributed by atoms with Crippen LogP contribution in [0, 0.1) is 5.92 Å². The van der Waals surface area contributed by atoms with Crippen molar-refractivity contribution in [3.05, 3.63) is 35.9 Å². The molecule has 3 N–H and O–H groups in total. The lowest BCUT2D eigenvalue weighted by atomic mass is 9.93. The number of amides is 3. The first-order chi connectivity index (χ1) is 19.8. The summed E-state index contributed by atoms with van der Waals surface area (Å²) in [7, 11) is 0. The predicted octanol–water partition coefficient (Wildman–Crippen LogP) is 5.24. The van der Waals surface area contributed by atoms with Gasteiger partial charge in [0.15, 0.2) is 0 Å². The van der Waals surface area contributed by atoms with Crippen molar-refractivity contribution in [3.63, 3.8) is 0 Å². The fourth-order valence-electron chi connectivity index (χ4n) is 4.19. The Morgan fingerprint density at radius 2 is 1.37 bits per heavy atom. The predicted molar refractivity (Wildman–Crippen MR) is 162 cm³/mol. The number of benzene rings is 1. The molecule has 3 amide bonds. The highest BCUT2D eigenvalue weighted by Crippen LogP contribution is 2.29. The number of hydrogen-bond acceptors (Lipinski definition) is 9. The van der Waals surface area contributed by atoms with E-state index in [1.807, 2.05) is 30.3 Å². The maximum absolute atomic E-state index is 12.8. The summed E-state index contributed by atoms with van der Waals surface area (Å²) in [6, 6.07) is 9.15. The van der Waals surface area contributed by atoms with Crippen LogP contribution in [-0.2, 0) is 30.2 Å². The molecule has 1 aromatic rings. The molecular formula is C31H48N4O8. The standard InChI is InChI=1S/C31H48N4O8/c1-29(2,3)41-26(37)33-22(18-20-14-11-10-12-15-20)23-19-21(24(36)40-23)16-13-17-32-25(34-27(38)42-30(4,5)6)35-28(39)43-31(7,8)9/h10-12,14-15,21-23H,13,16-19H2,1-9H3,(H,33,37)(H2,32,34,35,38,39)/t21-,22+,23+/m1/s1. The lowest BCUT2D eigenvalue weighted by Crippen LogP contribution is -2.47. The number of alkyl carbamates (subject to hydrolysis) is 3. The monoisotopic (exact) mass is 604 g/mol. The minimum atomic E-state index is -0.786. The van der Waals surface area contributed by atoms with Gasteiger partial charge in [-0.2, -0.15) is 0 Å². The van der Waals surface area contributed by atoms with Crippen LogP contribution in [-0.4, -0.2) is 65.7 Å². The zero-order valence-electron chi connectivity index (χ0n) is 26.9. The van der Waals surface area contributed by atoms with E-state index in [2.05, 4.69) is 20.9 Å². The summed E-state index contributed by atoms with van der Waals surface area (Å²) in [5.41, 5.74) is -1.19. The van der Waals surface area contributed by atoms with E-state index >= 15 is 0 Å². The zero-order chi connectivity index (χ0) is 32.4. The number of carbonyl (C=O) groups is 4. The smallest absolute Gasteiger partial charge is 0.414 e. The van der Waals surface area contributed by atoms with Crippen molar-refractivity contribution >= 4 is 30.2 Å². The van der Waals surface area contributed by atoms with E-state index in [1.165, 1.54) is 0 Å². The average molecular weight is 605 g/mol. The Morgan fingerprint density at radius 1 is 0.860 bits per heavy atom. The van der Waals surface area contributed by atoms with Gasteiger partial charge >= 0.3 is 24.2 Å². The van der Waals surface area contributed by atoms with E-state index < -0.39 is 53.1 Å². The Bertz CT molecular complexity index is 1100. The fourth-order valence-corrected chi connectivity index (χ4v) is 4.19. The van der Waals surface area contributed by atoms with Gasteiger partial charge in [-0.1, -0.05) is 30.3 Å². The quantitative estimate of drug-likeness (QED) is 0.120. The molecular weight excluding hydrogens is 556 g/mol. The summed E-state index contributed by atoms with van der Waals surface area (Å²) < 4.78 is 21.7. The van der Waals surface area contributed by atoms with Gasteiger partial charge in [-0.3, -0.25) is 20.4 Å². The highest BCUT2D eigenvalue weighted by atomic mass is 16.6. The van der Waals surface area contributed by atoms with Crippen LogP contribution in [0.2, 0.25) is 0 Å². The molecule has 0 aromatic heterocycles. The Hall–Kier alpha value is -3.83. The molecule has 1 aliphatic rings. The lowest BCUT2D eigenvalue weighted by molar-refractivity contribution is -0.145. The summed E-state index contributed by atoms with van der Waals surface area (Å²) in [6.07, 6.45) is -0.893. The van der Waals surface area contributed by atoms with Gasteiger partial charge in [0.2, 0.25) is 5.96 Å². The van der Waals surface area contributed by atoms with Crippen molar-refractivity contribution in [2.75, 3.05) is 6.54 Å². The van der Waals surface area contributed by atoms with Gasteiger partial charge in [-0.25, -0.2) is 14.4 Å². The number of cyclic esters (lactones) is 1. The molecule has 0 radical (unpaired) electrons. The van der Waals surface area contributed by atoms with E-state index in [0.717, 1.165) is 5.56 Å². The van der Waals surface area contributed by atoms with Crippen molar-refractivity contribution in [1.82, 2.24) is 16.0 Å². The summed E-state index contributed by atoms with van der Waals surface area (Å²) in [4.78, 5) is 54.3. The molecule has 1 aliphatic heterocycles. The molecule has 240 valence electrons. The first kappa shape index (κ1) is 35.4. The first-order valence-corrected chi connectivity index (χ1v) is 14.6. The topological polar surface area (TPSA) is 154 Å². The SMILES string of the molecule is CC(C)(C)OC(=O)NC(=NCCC[C@@H]1C[C@@H]([C@H](Cc2ccccc2)NC(=O)OC(C)(C)C)OC1=O)NC(=O)OC(C)(C)C. The van der Waals surface area contributed by atoms with Crippen molar-refractivity contribution in [3.8, 4) is 0 Å². The normalized spacial score (nSPS) is 17.7. The van der Waals surface area contributed by atoms with Crippen LogP contribution in [0.4, 0.5) is 14.4 Å². The molecule has 3 atom stereocenters. The molecule has 1 fully saturated rings. The van der Waals surface area contributed by atoms with E-state index in [1.54, 1.807) is 62.3 Å². The number of esters is 1. The van der Waals surface area contributed by atoms with E-state index in [4.69, 9.17) is 18.9 Å². The number of guanidine groups is 1. The number of aliphatic imine (C=N–C) groups is 1. The summed E-state index contributed by atoms with van der Waals surface area (Å²) in [6.45, 7) is 15.8. The number of ether oxygens (including phenoxy) is 4. The van der Waals surface area contributed by atoms with Crippen LogP contribution < -0.4 is 16.0 Å². The van der Waals surface area contributed by atoms with Gasteiger partial charge < -0.3 is 24.3 Å². The molecule has 0 unspecified atom stereocenters. The third-order valence-corrected chi connectivity index (χ3v) is 5.79. The lowest BCUT2D eigenvalue weighted by Gasteiger charge is -2.26. The molecule has 43 heavy (non-hydrogen) atoms. The molecule has 0 bridgehead atoms. The van der Waals surface area contributed by atoms with Crippen LogP contribution in [0.3, 0.4) is 0 Å². The second-order valence-corrected chi connectivity index (χ2v) is 13.5. The Labute approximate surface area is 254 Å². The number of nitrogens with zero attached hydrogens (tertiary/aromatic N) is 1. The molecule has 0 spiro atoms. The average Bonchev–Trinajstić information content (AvgIpc) is 3.18. The van der Waals surface area contributed by atoms with Crippen LogP contribution in [0.15, 0.2) is 35.3 Å². The maximum atomic E-state index is 12.8. The van der Waals surface area contributed by atoms with E-state index in [-0.39, 0.29) is 18.5 Å². The minimum Gasteiger partial charge on any atom is -0.460 e. The van der Waals surface area contributed by atoms with Gasteiger partial charge in [-0.15, -0.1) is 0 Å². The van der Waals surface area contributed by atoms with Gasteiger partial charge in [0, 0.05) is 6.54 Å². The highest BCUT2D eigenvalue weighted by Gasteiger charge is 2.39. The summed E-state index contributed by atoms with van der Waals surface area (Å²) in [5, 5.41) is 7.77. The molecule has 1 saturated heterocycles.